The van der Waals surface area contributed by atoms with Crippen molar-refractivity contribution in [2.75, 3.05) is 33.4 Å². The number of ether oxygens (including phenoxy) is 2. The second kappa shape index (κ2) is 11.3. The number of hydrogen-bond donors (Lipinski definition) is 2. The van der Waals surface area contributed by atoms with Crippen molar-refractivity contribution in [2.45, 2.75) is 39.0 Å². The van der Waals surface area contributed by atoms with Crippen LogP contribution in [0.1, 0.15) is 29.7 Å². The zero-order chi connectivity index (χ0) is 22.2. The van der Waals surface area contributed by atoms with Crippen molar-refractivity contribution in [2.24, 2.45) is 13.0 Å². The molecule has 8 heteroatoms. The number of carbonyl (C=O) groups is 1. The molecule has 0 unspecified atom stereocenters. The van der Waals surface area contributed by atoms with Crippen molar-refractivity contribution in [1.82, 2.24) is 20.0 Å². The smallest absolute Gasteiger partial charge is 0.308 e. The van der Waals surface area contributed by atoms with Crippen LogP contribution in [0.25, 0.3) is 0 Å². The molecule has 0 bridgehead atoms. The van der Waals surface area contributed by atoms with Gasteiger partial charge in [-0.1, -0.05) is 12.1 Å². The second-order valence-electron chi connectivity index (χ2n) is 8.22. The minimum Gasteiger partial charge on any atom is -0.491 e. The van der Waals surface area contributed by atoms with Gasteiger partial charge in [-0.05, 0) is 50.6 Å². The Morgan fingerprint density at radius 3 is 2.58 bits per heavy atom. The molecule has 1 aliphatic rings. The van der Waals surface area contributed by atoms with E-state index in [-0.39, 0.29) is 18.5 Å². The van der Waals surface area contributed by atoms with Gasteiger partial charge in [-0.2, -0.15) is 5.10 Å². The van der Waals surface area contributed by atoms with Gasteiger partial charge < -0.3 is 24.8 Å². The lowest BCUT2D eigenvalue weighted by atomic mass is 9.97. The summed E-state index contributed by atoms with van der Waals surface area (Å²) < 4.78 is 12.4. The van der Waals surface area contributed by atoms with E-state index in [0.717, 1.165) is 50.5 Å². The zero-order valence-electron chi connectivity index (χ0n) is 18.7. The predicted octanol–water partition coefficient (Wildman–Crippen LogP) is 1.64. The summed E-state index contributed by atoms with van der Waals surface area (Å²) >= 11 is 0. The van der Waals surface area contributed by atoms with Crippen LogP contribution >= 0.6 is 0 Å². The molecular weight excluding hydrogens is 396 g/mol. The van der Waals surface area contributed by atoms with Crippen molar-refractivity contribution in [3.8, 4) is 5.75 Å². The Bertz CT molecular complexity index is 829. The molecule has 1 fully saturated rings. The summed E-state index contributed by atoms with van der Waals surface area (Å²) in [7, 11) is 3.36. The third-order valence-electron chi connectivity index (χ3n) is 5.72. The average molecular weight is 431 g/mol. The van der Waals surface area contributed by atoms with Gasteiger partial charge >= 0.3 is 5.97 Å². The molecule has 1 aliphatic heterocycles. The fraction of sp³-hybridized carbons (Fsp3) is 0.565. The molecule has 0 spiro atoms. The standard InChI is InChI=1S/C23H34N4O4/c1-17-20(14-26(2)25-17)13-24-12-18-4-6-22(7-5-18)31-16-21(28)15-27-10-8-19(9-11-27)23(29)30-3/h4-7,14,19,21,24,28H,8-13,15-16H2,1-3H3/t21-/m1/s1. The van der Waals surface area contributed by atoms with Gasteiger partial charge in [0.05, 0.1) is 18.7 Å². The number of carbonyl (C=O) groups excluding carboxylic acids is 1. The Morgan fingerprint density at radius 1 is 1.26 bits per heavy atom. The normalized spacial score (nSPS) is 16.3. The number of aliphatic hydroxyl groups is 1. The largest absolute Gasteiger partial charge is 0.491 e. The first-order valence-corrected chi connectivity index (χ1v) is 10.8. The maximum atomic E-state index is 11.6. The van der Waals surface area contributed by atoms with Gasteiger partial charge in [-0.15, -0.1) is 0 Å². The number of hydrogen-bond acceptors (Lipinski definition) is 7. The number of esters is 1. The Hall–Kier alpha value is -2.42. The maximum absolute atomic E-state index is 11.6. The molecule has 1 aromatic carbocycles. The molecular formula is C23H34N4O4. The molecule has 1 aromatic heterocycles. The van der Waals surface area contributed by atoms with Crippen molar-refractivity contribution in [1.29, 1.82) is 0 Å². The molecule has 0 aliphatic carbocycles. The molecule has 1 saturated heterocycles. The van der Waals surface area contributed by atoms with Crippen molar-refractivity contribution in [3.05, 3.63) is 47.3 Å². The van der Waals surface area contributed by atoms with E-state index >= 15 is 0 Å². The summed E-state index contributed by atoms with van der Waals surface area (Å²) in [5.41, 5.74) is 3.42. The van der Waals surface area contributed by atoms with Gasteiger partial charge in [0, 0.05) is 38.4 Å². The van der Waals surface area contributed by atoms with Crippen LogP contribution < -0.4 is 10.1 Å². The van der Waals surface area contributed by atoms with E-state index < -0.39 is 6.10 Å². The van der Waals surface area contributed by atoms with Gasteiger partial charge in [-0.25, -0.2) is 0 Å². The van der Waals surface area contributed by atoms with Gasteiger partial charge in [0.1, 0.15) is 18.5 Å². The summed E-state index contributed by atoms with van der Waals surface area (Å²) in [5.74, 6) is 0.598. The van der Waals surface area contributed by atoms with Crippen LogP contribution in [0, 0.1) is 12.8 Å². The third kappa shape index (κ3) is 7.05. The van der Waals surface area contributed by atoms with Crippen molar-refractivity contribution in [3.63, 3.8) is 0 Å². The predicted molar refractivity (Wildman–Crippen MR) is 118 cm³/mol. The van der Waals surface area contributed by atoms with Crippen LogP contribution in [-0.2, 0) is 29.7 Å². The SMILES string of the molecule is COC(=O)C1CCN(C[C@@H](O)COc2ccc(CNCc3cn(C)nc3C)cc2)CC1. The number of piperidine rings is 1. The molecule has 8 nitrogen and oxygen atoms in total. The summed E-state index contributed by atoms with van der Waals surface area (Å²) in [6.45, 7) is 5.92. The van der Waals surface area contributed by atoms with E-state index in [2.05, 4.69) is 15.3 Å². The number of β-amino-alcohol motifs (C(OH)–C–C–N with tert-alkyl or cyclic N) is 1. The van der Waals surface area contributed by atoms with Crippen LogP contribution in [0.2, 0.25) is 0 Å². The van der Waals surface area contributed by atoms with Crippen LogP contribution in [0.3, 0.4) is 0 Å². The van der Waals surface area contributed by atoms with E-state index in [9.17, 15) is 9.90 Å². The van der Waals surface area contributed by atoms with Crippen molar-refractivity contribution < 1.29 is 19.4 Å². The third-order valence-corrected chi connectivity index (χ3v) is 5.72. The average Bonchev–Trinajstić information content (AvgIpc) is 3.10. The quantitative estimate of drug-likeness (QED) is 0.554. The van der Waals surface area contributed by atoms with E-state index in [1.165, 1.54) is 18.2 Å². The van der Waals surface area contributed by atoms with Gasteiger partial charge in [0.15, 0.2) is 0 Å². The summed E-state index contributed by atoms with van der Waals surface area (Å²) in [6.07, 6.45) is 3.01. The van der Waals surface area contributed by atoms with Crippen LogP contribution in [-0.4, -0.2) is 65.2 Å². The number of benzene rings is 1. The highest BCUT2D eigenvalue weighted by molar-refractivity contribution is 5.72. The van der Waals surface area contributed by atoms with E-state index in [4.69, 9.17) is 9.47 Å². The van der Waals surface area contributed by atoms with Crippen molar-refractivity contribution >= 4 is 5.97 Å². The second-order valence-corrected chi connectivity index (χ2v) is 8.22. The molecule has 0 amide bonds. The molecule has 2 N–H and O–H groups in total. The monoisotopic (exact) mass is 430 g/mol. The lowest BCUT2D eigenvalue weighted by Gasteiger charge is -2.31. The molecule has 2 aromatic rings. The highest BCUT2D eigenvalue weighted by atomic mass is 16.5. The lowest BCUT2D eigenvalue weighted by Crippen LogP contribution is -2.42. The first kappa shape index (κ1) is 23.2. The molecule has 0 saturated carbocycles. The van der Waals surface area contributed by atoms with Gasteiger partial charge in [0.2, 0.25) is 0 Å². The summed E-state index contributed by atoms with van der Waals surface area (Å²) in [5, 5.41) is 18.1. The highest BCUT2D eigenvalue weighted by Crippen LogP contribution is 2.19. The van der Waals surface area contributed by atoms with E-state index in [0.29, 0.717) is 6.54 Å². The first-order valence-electron chi connectivity index (χ1n) is 10.8. The van der Waals surface area contributed by atoms with Crippen LogP contribution in [0.5, 0.6) is 5.75 Å². The number of rotatable bonds is 10. The number of aromatic nitrogens is 2. The molecule has 3 rings (SSSR count). The number of methoxy groups -OCH3 is 1. The maximum Gasteiger partial charge on any atom is 0.308 e. The number of aryl methyl sites for hydroxylation is 2. The molecule has 31 heavy (non-hydrogen) atoms. The number of nitrogens with one attached hydrogen (secondary N) is 1. The fourth-order valence-electron chi connectivity index (χ4n) is 3.93. The Kier molecular flexibility index (Phi) is 8.45. The summed E-state index contributed by atoms with van der Waals surface area (Å²) in [6, 6.07) is 7.92. The molecule has 2 heterocycles. The van der Waals surface area contributed by atoms with Crippen LogP contribution in [0.15, 0.2) is 30.5 Å². The Labute approximate surface area is 184 Å². The van der Waals surface area contributed by atoms with E-state index in [1.54, 1.807) is 0 Å². The zero-order valence-corrected chi connectivity index (χ0v) is 18.7. The number of likely N-dealkylation sites (tertiary alicyclic amines) is 1. The summed E-state index contributed by atoms with van der Waals surface area (Å²) in [4.78, 5) is 13.8. The number of nitrogens with zero attached hydrogens (tertiary/aromatic N) is 3. The molecule has 0 radical (unpaired) electrons. The highest BCUT2D eigenvalue weighted by Gasteiger charge is 2.26. The van der Waals surface area contributed by atoms with Crippen LogP contribution in [0.4, 0.5) is 0 Å². The Balaban J connectivity index is 1.34. The molecule has 170 valence electrons. The Morgan fingerprint density at radius 2 is 1.97 bits per heavy atom. The number of aliphatic hydroxyl groups excluding tert-OH is 1. The van der Waals surface area contributed by atoms with Gasteiger partial charge in [0.25, 0.3) is 0 Å². The van der Waals surface area contributed by atoms with Gasteiger partial charge in [-0.3, -0.25) is 9.48 Å². The lowest BCUT2D eigenvalue weighted by molar-refractivity contribution is -0.147. The van der Waals surface area contributed by atoms with E-state index in [1.807, 2.05) is 49.1 Å². The topological polar surface area (TPSA) is 88.9 Å². The molecule has 1 atom stereocenters. The minimum absolute atomic E-state index is 0.0176. The first-order chi connectivity index (χ1) is 14.9. The minimum atomic E-state index is -0.571. The fourth-order valence-corrected chi connectivity index (χ4v) is 3.93.